The number of carbonyl (C=O) groups is 1. The molecule has 0 atom stereocenters. The zero-order valence-electron chi connectivity index (χ0n) is 9.38. The monoisotopic (exact) mass is 236 g/mol. The van der Waals surface area contributed by atoms with Crippen molar-refractivity contribution in [2.24, 2.45) is 0 Å². The maximum absolute atomic E-state index is 11.1. The van der Waals surface area contributed by atoms with E-state index in [1.165, 1.54) is 0 Å². The van der Waals surface area contributed by atoms with E-state index in [2.05, 4.69) is 17.6 Å². The molecule has 0 aromatic carbocycles. The minimum Gasteiger partial charge on any atom is -0.355 e. The lowest BCUT2D eigenvalue weighted by Crippen LogP contribution is -2.32. The molecule has 0 spiro atoms. The van der Waals surface area contributed by atoms with Crippen molar-refractivity contribution < 1.29 is 13.2 Å². The second-order valence-electron chi connectivity index (χ2n) is 3.48. The molecule has 0 bridgehead atoms. The van der Waals surface area contributed by atoms with Crippen LogP contribution in [-0.4, -0.2) is 46.0 Å². The number of carbonyl (C=O) groups excluding carboxylic acids is 1. The third-order valence-corrected chi connectivity index (χ3v) is 2.70. The van der Waals surface area contributed by atoms with Gasteiger partial charge in [-0.05, 0) is 13.0 Å². The topological polar surface area (TPSA) is 75.3 Å². The van der Waals surface area contributed by atoms with Gasteiger partial charge in [-0.1, -0.05) is 6.92 Å². The first-order chi connectivity index (χ1) is 6.95. The molecule has 0 unspecified atom stereocenters. The molecule has 0 rings (SSSR count). The van der Waals surface area contributed by atoms with Crippen LogP contribution in [-0.2, 0) is 14.6 Å². The van der Waals surface area contributed by atoms with Crippen LogP contribution < -0.4 is 10.6 Å². The number of hydrogen-bond acceptors (Lipinski definition) is 4. The third-order valence-electron chi connectivity index (χ3n) is 1.75. The van der Waals surface area contributed by atoms with E-state index < -0.39 is 9.84 Å². The van der Waals surface area contributed by atoms with Gasteiger partial charge in [0.15, 0.2) is 0 Å². The Balaban J connectivity index is 3.42. The lowest BCUT2D eigenvalue weighted by atomic mass is 10.4. The summed E-state index contributed by atoms with van der Waals surface area (Å²) in [5.41, 5.74) is 0. The molecule has 0 saturated heterocycles. The Kier molecular flexibility index (Phi) is 7.33. The van der Waals surface area contributed by atoms with Gasteiger partial charge in [-0.15, -0.1) is 0 Å². The van der Waals surface area contributed by atoms with Crippen LogP contribution in [0.1, 0.15) is 19.8 Å². The molecule has 1 amide bonds. The summed E-state index contributed by atoms with van der Waals surface area (Å²) in [6.07, 6.45) is 2.23. The Morgan fingerprint density at radius 3 is 2.40 bits per heavy atom. The Morgan fingerprint density at radius 2 is 1.87 bits per heavy atom. The van der Waals surface area contributed by atoms with Gasteiger partial charge < -0.3 is 10.6 Å². The van der Waals surface area contributed by atoms with Crippen LogP contribution in [0.2, 0.25) is 0 Å². The van der Waals surface area contributed by atoms with Crippen LogP contribution >= 0.6 is 0 Å². The van der Waals surface area contributed by atoms with E-state index in [0.717, 1.165) is 25.8 Å². The van der Waals surface area contributed by atoms with Crippen molar-refractivity contribution in [3.05, 3.63) is 0 Å². The van der Waals surface area contributed by atoms with Crippen molar-refractivity contribution in [2.75, 3.05) is 31.6 Å². The van der Waals surface area contributed by atoms with Gasteiger partial charge in [-0.25, -0.2) is 8.42 Å². The highest BCUT2D eigenvalue weighted by atomic mass is 32.2. The number of rotatable bonds is 8. The molecule has 0 aliphatic rings. The normalized spacial score (nSPS) is 11.3. The molecular formula is C9H20N2O3S. The SMILES string of the molecule is CCCNCCNC(=O)CCS(C)(=O)=O. The number of hydrogen-bond donors (Lipinski definition) is 2. The fourth-order valence-corrected chi connectivity index (χ4v) is 1.51. The van der Waals surface area contributed by atoms with E-state index in [4.69, 9.17) is 0 Å². The molecule has 2 N–H and O–H groups in total. The van der Waals surface area contributed by atoms with Crippen molar-refractivity contribution >= 4 is 15.7 Å². The number of nitrogens with one attached hydrogen (secondary N) is 2. The van der Waals surface area contributed by atoms with Crippen molar-refractivity contribution in [2.45, 2.75) is 19.8 Å². The minimum absolute atomic E-state index is 0.0482. The van der Waals surface area contributed by atoms with Gasteiger partial charge in [0.05, 0.1) is 5.75 Å². The molecule has 0 fully saturated rings. The fourth-order valence-electron chi connectivity index (χ4n) is 0.959. The lowest BCUT2D eigenvalue weighted by Gasteiger charge is -2.05. The van der Waals surface area contributed by atoms with Crippen molar-refractivity contribution in [3.63, 3.8) is 0 Å². The summed E-state index contributed by atoms with van der Waals surface area (Å²) < 4.78 is 21.5. The zero-order chi connectivity index (χ0) is 11.7. The summed E-state index contributed by atoms with van der Waals surface area (Å²) in [6.45, 7) is 4.26. The maximum Gasteiger partial charge on any atom is 0.221 e. The van der Waals surface area contributed by atoms with E-state index in [0.29, 0.717) is 6.54 Å². The van der Waals surface area contributed by atoms with Crippen molar-refractivity contribution in [3.8, 4) is 0 Å². The van der Waals surface area contributed by atoms with E-state index in [-0.39, 0.29) is 18.1 Å². The summed E-state index contributed by atoms with van der Waals surface area (Å²) in [6, 6.07) is 0. The predicted octanol–water partition coefficient (Wildman–Crippen LogP) is -0.463. The molecule has 0 aromatic rings. The van der Waals surface area contributed by atoms with Crippen LogP contribution in [0.25, 0.3) is 0 Å². The molecule has 6 heteroatoms. The smallest absolute Gasteiger partial charge is 0.221 e. The van der Waals surface area contributed by atoms with Gasteiger partial charge in [0, 0.05) is 25.8 Å². The molecule has 0 radical (unpaired) electrons. The highest BCUT2D eigenvalue weighted by Crippen LogP contribution is 1.88. The fraction of sp³-hybridized carbons (Fsp3) is 0.889. The highest BCUT2D eigenvalue weighted by Gasteiger charge is 2.06. The number of amides is 1. The molecule has 0 aliphatic heterocycles. The molecule has 0 aliphatic carbocycles. The quantitative estimate of drug-likeness (QED) is 0.559. The first-order valence-electron chi connectivity index (χ1n) is 5.11. The summed E-state index contributed by atoms with van der Waals surface area (Å²) in [4.78, 5) is 11.1. The van der Waals surface area contributed by atoms with Crippen LogP contribution in [0.3, 0.4) is 0 Å². The Hall–Kier alpha value is -0.620. The summed E-state index contributed by atoms with van der Waals surface area (Å²) >= 11 is 0. The summed E-state index contributed by atoms with van der Waals surface area (Å²) in [5.74, 6) is -0.292. The standard InChI is InChI=1S/C9H20N2O3S/c1-3-5-10-6-7-11-9(12)4-8-15(2,13)14/h10H,3-8H2,1-2H3,(H,11,12). The van der Waals surface area contributed by atoms with Crippen LogP contribution in [0.15, 0.2) is 0 Å². The van der Waals surface area contributed by atoms with Crippen molar-refractivity contribution in [1.29, 1.82) is 0 Å². The lowest BCUT2D eigenvalue weighted by molar-refractivity contribution is -0.120. The van der Waals surface area contributed by atoms with Gasteiger partial charge in [0.25, 0.3) is 0 Å². The Morgan fingerprint density at radius 1 is 1.20 bits per heavy atom. The largest absolute Gasteiger partial charge is 0.355 e. The second-order valence-corrected chi connectivity index (χ2v) is 5.74. The second kappa shape index (κ2) is 7.64. The Bertz CT molecular complexity index is 275. The van der Waals surface area contributed by atoms with Gasteiger partial charge in [0.2, 0.25) is 5.91 Å². The minimum atomic E-state index is -3.03. The summed E-state index contributed by atoms with van der Waals surface area (Å²) in [7, 11) is -3.03. The third kappa shape index (κ3) is 11.3. The molecule has 90 valence electrons. The number of sulfone groups is 1. The highest BCUT2D eigenvalue weighted by molar-refractivity contribution is 7.90. The zero-order valence-corrected chi connectivity index (χ0v) is 10.2. The van der Waals surface area contributed by atoms with Crippen molar-refractivity contribution in [1.82, 2.24) is 10.6 Å². The predicted molar refractivity (Wildman–Crippen MR) is 60.5 cm³/mol. The van der Waals surface area contributed by atoms with E-state index in [9.17, 15) is 13.2 Å². The van der Waals surface area contributed by atoms with Crippen LogP contribution in [0, 0.1) is 0 Å². The van der Waals surface area contributed by atoms with Crippen LogP contribution in [0.4, 0.5) is 0 Å². The maximum atomic E-state index is 11.1. The molecule has 0 aromatic heterocycles. The van der Waals surface area contributed by atoms with E-state index >= 15 is 0 Å². The first kappa shape index (κ1) is 14.4. The van der Waals surface area contributed by atoms with Gasteiger partial charge in [-0.2, -0.15) is 0 Å². The van der Waals surface area contributed by atoms with Gasteiger partial charge in [-0.3, -0.25) is 4.79 Å². The average Bonchev–Trinajstić information content (AvgIpc) is 2.13. The average molecular weight is 236 g/mol. The molecular weight excluding hydrogens is 216 g/mol. The summed E-state index contributed by atoms with van der Waals surface area (Å²) in [5, 5.41) is 5.78. The van der Waals surface area contributed by atoms with Gasteiger partial charge in [0.1, 0.15) is 9.84 Å². The van der Waals surface area contributed by atoms with E-state index in [1.54, 1.807) is 0 Å². The molecule has 15 heavy (non-hydrogen) atoms. The molecule has 0 heterocycles. The van der Waals surface area contributed by atoms with Crippen LogP contribution in [0.5, 0.6) is 0 Å². The van der Waals surface area contributed by atoms with E-state index in [1.807, 2.05) is 0 Å². The van der Waals surface area contributed by atoms with Gasteiger partial charge >= 0.3 is 0 Å². The first-order valence-corrected chi connectivity index (χ1v) is 7.17. The molecule has 5 nitrogen and oxygen atoms in total. The molecule has 0 saturated carbocycles. The Labute approximate surface area is 91.5 Å².